The zero-order chi connectivity index (χ0) is 11.5. The van der Waals surface area contributed by atoms with Crippen LogP contribution in [0.2, 0.25) is 0 Å². The molecule has 2 rings (SSSR count). The van der Waals surface area contributed by atoms with Crippen LogP contribution >= 0.6 is 0 Å². The van der Waals surface area contributed by atoms with Gasteiger partial charge in [0.2, 0.25) is 5.88 Å². The summed E-state index contributed by atoms with van der Waals surface area (Å²) in [6.07, 6.45) is 0. The molecule has 0 fully saturated rings. The van der Waals surface area contributed by atoms with E-state index in [-0.39, 0.29) is 0 Å². The summed E-state index contributed by atoms with van der Waals surface area (Å²) >= 11 is 0. The molecule has 0 saturated carbocycles. The van der Waals surface area contributed by atoms with E-state index < -0.39 is 0 Å². The second-order valence-corrected chi connectivity index (χ2v) is 3.71. The number of rotatable bonds is 2. The average Bonchev–Trinajstić information content (AvgIpc) is 2.25. The Morgan fingerprint density at radius 2 is 1.81 bits per heavy atom. The number of para-hydroxylation sites is 1. The molecule has 0 aliphatic carbocycles. The first-order valence-corrected chi connectivity index (χ1v) is 5.13. The van der Waals surface area contributed by atoms with E-state index in [9.17, 15) is 0 Å². The number of ether oxygens (including phenoxy) is 1. The van der Waals surface area contributed by atoms with Gasteiger partial charge in [0.15, 0.2) is 5.75 Å². The highest BCUT2D eigenvalue weighted by atomic mass is 16.5. The third-order valence-electron chi connectivity index (χ3n) is 2.36. The van der Waals surface area contributed by atoms with Gasteiger partial charge in [-0.05, 0) is 31.5 Å². The van der Waals surface area contributed by atoms with Gasteiger partial charge in [-0.25, -0.2) is 4.98 Å². The van der Waals surface area contributed by atoms with Crippen molar-refractivity contribution in [1.29, 1.82) is 0 Å². The third kappa shape index (κ3) is 2.14. The van der Waals surface area contributed by atoms with Gasteiger partial charge in [0.1, 0.15) is 0 Å². The summed E-state index contributed by atoms with van der Waals surface area (Å²) in [4.78, 5) is 4.26. The third-order valence-corrected chi connectivity index (χ3v) is 2.36. The van der Waals surface area contributed by atoms with Crippen molar-refractivity contribution in [2.75, 3.05) is 5.73 Å². The molecule has 2 aromatic rings. The Morgan fingerprint density at radius 3 is 2.56 bits per heavy atom. The summed E-state index contributed by atoms with van der Waals surface area (Å²) in [5.41, 5.74) is 8.50. The average molecular weight is 214 g/mol. The van der Waals surface area contributed by atoms with Gasteiger partial charge in [-0.2, -0.15) is 0 Å². The number of anilines is 1. The van der Waals surface area contributed by atoms with Crippen LogP contribution in [0.1, 0.15) is 11.3 Å². The Kier molecular flexibility index (Phi) is 2.77. The molecule has 0 radical (unpaired) electrons. The summed E-state index contributed by atoms with van der Waals surface area (Å²) in [6.45, 7) is 3.87. The fraction of sp³-hybridized carbons (Fsp3) is 0.154. The number of hydrogen-bond donors (Lipinski definition) is 1. The van der Waals surface area contributed by atoms with Gasteiger partial charge < -0.3 is 10.5 Å². The number of nitrogens with two attached hydrogens (primary N) is 1. The molecule has 1 heterocycles. The molecular formula is C13H14N2O. The highest BCUT2D eigenvalue weighted by Gasteiger charge is 2.04. The maximum absolute atomic E-state index is 5.92. The lowest BCUT2D eigenvalue weighted by molar-refractivity contribution is 0.463. The Bertz CT molecular complexity index is 509. The Balaban J connectivity index is 2.31. The SMILES string of the molecule is Cc1cccc(Oc2cccc(C)c2N)n1. The monoisotopic (exact) mass is 214 g/mol. The van der Waals surface area contributed by atoms with E-state index in [2.05, 4.69) is 4.98 Å². The molecule has 0 amide bonds. The molecule has 82 valence electrons. The van der Waals surface area contributed by atoms with Crippen molar-refractivity contribution >= 4 is 5.69 Å². The molecule has 0 bridgehead atoms. The molecule has 3 nitrogen and oxygen atoms in total. The first-order valence-electron chi connectivity index (χ1n) is 5.13. The normalized spacial score (nSPS) is 10.1. The lowest BCUT2D eigenvalue weighted by Crippen LogP contribution is -1.96. The van der Waals surface area contributed by atoms with Crippen LogP contribution in [0.5, 0.6) is 11.6 Å². The van der Waals surface area contributed by atoms with E-state index in [4.69, 9.17) is 10.5 Å². The lowest BCUT2D eigenvalue weighted by atomic mass is 10.2. The smallest absolute Gasteiger partial charge is 0.219 e. The fourth-order valence-electron chi connectivity index (χ4n) is 1.43. The van der Waals surface area contributed by atoms with E-state index in [1.54, 1.807) is 0 Å². The minimum absolute atomic E-state index is 0.567. The molecule has 0 aliphatic rings. The quantitative estimate of drug-likeness (QED) is 0.781. The molecule has 0 spiro atoms. The largest absolute Gasteiger partial charge is 0.437 e. The van der Waals surface area contributed by atoms with Crippen LogP contribution in [0, 0.1) is 13.8 Å². The zero-order valence-corrected chi connectivity index (χ0v) is 9.40. The van der Waals surface area contributed by atoms with Crippen molar-refractivity contribution in [1.82, 2.24) is 4.98 Å². The molecule has 0 aliphatic heterocycles. The van der Waals surface area contributed by atoms with E-state index in [0.29, 0.717) is 17.3 Å². The maximum Gasteiger partial charge on any atom is 0.219 e. The predicted molar refractivity (Wildman–Crippen MR) is 64.6 cm³/mol. The number of benzene rings is 1. The van der Waals surface area contributed by atoms with Crippen molar-refractivity contribution in [3.8, 4) is 11.6 Å². The van der Waals surface area contributed by atoms with E-state index >= 15 is 0 Å². The number of pyridine rings is 1. The van der Waals surface area contributed by atoms with Gasteiger partial charge in [-0.3, -0.25) is 0 Å². The lowest BCUT2D eigenvalue weighted by Gasteiger charge is -2.09. The van der Waals surface area contributed by atoms with E-state index in [0.717, 1.165) is 11.3 Å². The molecule has 2 N–H and O–H groups in total. The topological polar surface area (TPSA) is 48.1 Å². The van der Waals surface area contributed by atoms with Crippen LogP contribution in [0.25, 0.3) is 0 Å². The summed E-state index contributed by atoms with van der Waals surface area (Å²) < 4.78 is 5.63. The number of nitrogens with zero attached hydrogens (tertiary/aromatic N) is 1. The van der Waals surface area contributed by atoms with Crippen molar-refractivity contribution in [3.63, 3.8) is 0 Å². The van der Waals surface area contributed by atoms with Crippen LogP contribution in [-0.2, 0) is 0 Å². The zero-order valence-electron chi connectivity index (χ0n) is 9.40. The highest BCUT2D eigenvalue weighted by Crippen LogP contribution is 2.28. The molecule has 3 heteroatoms. The van der Waals surface area contributed by atoms with Crippen LogP contribution in [0.4, 0.5) is 5.69 Å². The van der Waals surface area contributed by atoms with Crippen LogP contribution < -0.4 is 10.5 Å². The maximum atomic E-state index is 5.92. The molecule has 0 atom stereocenters. The van der Waals surface area contributed by atoms with Crippen molar-refractivity contribution in [3.05, 3.63) is 47.7 Å². The minimum atomic E-state index is 0.567. The summed E-state index contributed by atoms with van der Waals surface area (Å²) in [6, 6.07) is 11.3. The number of nitrogen functional groups attached to an aromatic ring is 1. The van der Waals surface area contributed by atoms with Crippen LogP contribution in [-0.4, -0.2) is 4.98 Å². The minimum Gasteiger partial charge on any atom is -0.437 e. The summed E-state index contributed by atoms with van der Waals surface area (Å²) in [5.74, 6) is 1.22. The molecule has 0 saturated heterocycles. The number of aromatic nitrogens is 1. The van der Waals surface area contributed by atoms with Crippen molar-refractivity contribution in [2.24, 2.45) is 0 Å². The number of aryl methyl sites for hydroxylation is 2. The van der Waals surface area contributed by atoms with Gasteiger partial charge >= 0.3 is 0 Å². The molecule has 0 unspecified atom stereocenters. The Morgan fingerprint density at radius 1 is 1.06 bits per heavy atom. The van der Waals surface area contributed by atoms with Gasteiger partial charge in [0.05, 0.1) is 5.69 Å². The number of hydrogen-bond acceptors (Lipinski definition) is 3. The Hall–Kier alpha value is -2.03. The first-order chi connectivity index (χ1) is 7.66. The first kappa shape index (κ1) is 10.5. The van der Waals surface area contributed by atoms with Gasteiger partial charge in [0, 0.05) is 11.8 Å². The Labute approximate surface area is 94.9 Å². The van der Waals surface area contributed by atoms with E-state index in [1.165, 1.54) is 0 Å². The molecule has 1 aromatic carbocycles. The van der Waals surface area contributed by atoms with Crippen molar-refractivity contribution < 1.29 is 4.74 Å². The van der Waals surface area contributed by atoms with Crippen LogP contribution in [0.15, 0.2) is 36.4 Å². The summed E-state index contributed by atoms with van der Waals surface area (Å²) in [5, 5.41) is 0. The highest BCUT2D eigenvalue weighted by molar-refractivity contribution is 5.58. The van der Waals surface area contributed by atoms with Gasteiger partial charge in [0.25, 0.3) is 0 Å². The van der Waals surface area contributed by atoms with Crippen molar-refractivity contribution in [2.45, 2.75) is 13.8 Å². The van der Waals surface area contributed by atoms with Gasteiger partial charge in [-0.15, -0.1) is 0 Å². The predicted octanol–water partition coefficient (Wildman–Crippen LogP) is 3.07. The van der Waals surface area contributed by atoms with Gasteiger partial charge in [-0.1, -0.05) is 18.2 Å². The fourth-order valence-corrected chi connectivity index (χ4v) is 1.43. The summed E-state index contributed by atoms with van der Waals surface area (Å²) in [7, 11) is 0. The molecule has 1 aromatic heterocycles. The second kappa shape index (κ2) is 4.23. The van der Waals surface area contributed by atoms with Crippen LogP contribution in [0.3, 0.4) is 0 Å². The standard InChI is InChI=1S/C13H14N2O/c1-9-5-3-7-11(13(9)14)16-12-8-4-6-10(2)15-12/h3-8H,14H2,1-2H3. The second-order valence-electron chi connectivity index (χ2n) is 3.71. The molecule has 16 heavy (non-hydrogen) atoms. The van der Waals surface area contributed by atoms with E-state index in [1.807, 2.05) is 50.2 Å². The molecular weight excluding hydrogens is 200 g/mol.